The molecule has 0 fully saturated rings. The SMILES string of the molecule is C1=Cc2ccccc2C(c2ccc(N(c3ccc(-c4ccccc4)cc3)c3ccc(-c4cccc(-c5cccc6c5oc5c(-c7ccccc7)cccc56)c4)cc3)cc2)C1. The van der Waals surface area contributed by atoms with Crippen molar-refractivity contribution in [3.8, 4) is 44.5 Å². The van der Waals surface area contributed by atoms with Crippen LogP contribution in [0, 0.1) is 0 Å². The summed E-state index contributed by atoms with van der Waals surface area (Å²) < 4.78 is 6.78. The topological polar surface area (TPSA) is 16.4 Å². The molecule has 0 N–H and O–H groups in total. The highest BCUT2D eigenvalue weighted by Gasteiger charge is 2.21. The van der Waals surface area contributed by atoms with Crippen molar-refractivity contribution in [2.24, 2.45) is 0 Å². The van der Waals surface area contributed by atoms with Crippen LogP contribution in [0.3, 0.4) is 0 Å². The average Bonchev–Trinajstić information content (AvgIpc) is 3.72. The van der Waals surface area contributed by atoms with Gasteiger partial charge in [0.25, 0.3) is 0 Å². The summed E-state index contributed by atoms with van der Waals surface area (Å²) in [5, 5.41) is 2.26. The van der Waals surface area contributed by atoms with E-state index >= 15 is 0 Å². The second kappa shape index (κ2) is 15.2. The third-order valence-corrected chi connectivity index (χ3v) is 12.1. The molecule has 0 saturated carbocycles. The minimum absolute atomic E-state index is 0.347. The molecule has 1 unspecified atom stereocenters. The van der Waals surface area contributed by atoms with E-state index in [1.54, 1.807) is 0 Å². The van der Waals surface area contributed by atoms with Crippen LogP contribution in [0.15, 0.2) is 229 Å². The van der Waals surface area contributed by atoms with E-state index < -0.39 is 0 Å². The first kappa shape index (κ1) is 35.5. The van der Waals surface area contributed by atoms with Gasteiger partial charge in [-0.15, -0.1) is 0 Å². The maximum Gasteiger partial charge on any atom is 0.143 e. The van der Waals surface area contributed by atoms with Gasteiger partial charge in [0.2, 0.25) is 0 Å². The van der Waals surface area contributed by atoms with Crippen molar-refractivity contribution in [1.82, 2.24) is 0 Å². The number of nitrogens with zero attached hydrogens (tertiary/aromatic N) is 1. The Hall–Kier alpha value is -7.68. The molecule has 284 valence electrons. The third-order valence-electron chi connectivity index (χ3n) is 12.1. The van der Waals surface area contributed by atoms with Gasteiger partial charge in [-0.2, -0.15) is 0 Å². The van der Waals surface area contributed by atoms with Crippen molar-refractivity contribution in [2.45, 2.75) is 12.3 Å². The van der Waals surface area contributed by atoms with E-state index in [2.05, 4.69) is 235 Å². The summed E-state index contributed by atoms with van der Waals surface area (Å²) >= 11 is 0. The van der Waals surface area contributed by atoms with Crippen molar-refractivity contribution < 1.29 is 4.42 Å². The Morgan fingerprint density at radius 3 is 1.52 bits per heavy atom. The van der Waals surface area contributed by atoms with Crippen LogP contribution in [0.5, 0.6) is 0 Å². The molecular weight excluding hydrogens is 727 g/mol. The number of fused-ring (bicyclic) bond motifs is 4. The summed E-state index contributed by atoms with van der Waals surface area (Å²) in [6, 6.07) is 78.6. The largest absolute Gasteiger partial charge is 0.455 e. The van der Waals surface area contributed by atoms with E-state index in [4.69, 9.17) is 4.42 Å². The van der Waals surface area contributed by atoms with Gasteiger partial charge < -0.3 is 9.32 Å². The number of hydrogen-bond acceptors (Lipinski definition) is 2. The first-order valence-electron chi connectivity index (χ1n) is 20.8. The van der Waals surface area contributed by atoms with Gasteiger partial charge >= 0.3 is 0 Å². The molecule has 11 rings (SSSR count). The normalized spacial score (nSPS) is 13.4. The molecule has 0 amide bonds. The van der Waals surface area contributed by atoms with Crippen LogP contribution >= 0.6 is 0 Å². The number of benzene rings is 9. The van der Waals surface area contributed by atoms with Crippen LogP contribution < -0.4 is 4.90 Å². The molecule has 0 radical (unpaired) electrons. The summed E-state index contributed by atoms with van der Waals surface area (Å²) in [5.74, 6) is 0.347. The molecular formula is C58H41NO. The first-order valence-corrected chi connectivity index (χ1v) is 20.8. The Morgan fingerprint density at radius 2 is 0.867 bits per heavy atom. The summed E-state index contributed by atoms with van der Waals surface area (Å²) in [5.41, 5.74) is 18.4. The van der Waals surface area contributed by atoms with E-state index in [9.17, 15) is 0 Å². The summed E-state index contributed by atoms with van der Waals surface area (Å²) in [6.45, 7) is 0. The number of anilines is 3. The lowest BCUT2D eigenvalue weighted by atomic mass is 9.82. The van der Waals surface area contributed by atoms with Crippen molar-refractivity contribution in [1.29, 1.82) is 0 Å². The van der Waals surface area contributed by atoms with Crippen LogP contribution in [0.1, 0.15) is 29.0 Å². The van der Waals surface area contributed by atoms with Crippen molar-refractivity contribution in [3.05, 3.63) is 241 Å². The monoisotopic (exact) mass is 767 g/mol. The van der Waals surface area contributed by atoms with Crippen LogP contribution in [0.4, 0.5) is 17.1 Å². The number of allylic oxidation sites excluding steroid dienone is 1. The van der Waals surface area contributed by atoms with Gasteiger partial charge in [-0.1, -0.05) is 188 Å². The fourth-order valence-corrected chi connectivity index (χ4v) is 9.05. The standard InChI is InChI=1S/C58H41NO/c1-3-13-40(14-4-1)41-27-33-48(34-28-41)59(50-37-31-45(32-38-50)52-22-10-18-43-17-7-8-21-51(43)52)49-35-29-42(30-36-49)46-19-9-20-47(39-46)54-24-12-26-56-55-25-11-23-53(57(55)60-58(54)56)44-15-5-2-6-16-44/h1-21,23-39,52H,22H2. The molecule has 1 atom stereocenters. The summed E-state index contributed by atoms with van der Waals surface area (Å²) in [6.07, 6.45) is 5.56. The van der Waals surface area contributed by atoms with Gasteiger partial charge in [0.15, 0.2) is 0 Å². The highest BCUT2D eigenvalue weighted by molar-refractivity contribution is 6.13. The fourth-order valence-electron chi connectivity index (χ4n) is 9.05. The van der Waals surface area contributed by atoms with Gasteiger partial charge in [0.1, 0.15) is 11.2 Å². The smallest absolute Gasteiger partial charge is 0.143 e. The van der Waals surface area contributed by atoms with Crippen LogP contribution in [0.25, 0.3) is 72.5 Å². The lowest BCUT2D eigenvalue weighted by molar-refractivity contribution is 0.671. The zero-order valence-corrected chi connectivity index (χ0v) is 33.1. The third kappa shape index (κ3) is 6.49. The molecule has 1 aliphatic rings. The van der Waals surface area contributed by atoms with Gasteiger partial charge in [0.05, 0.1) is 0 Å². The number of rotatable bonds is 8. The lowest BCUT2D eigenvalue weighted by Crippen LogP contribution is -2.11. The van der Waals surface area contributed by atoms with Crippen LogP contribution in [-0.4, -0.2) is 0 Å². The molecule has 0 spiro atoms. The zero-order valence-electron chi connectivity index (χ0n) is 33.1. The number of hydrogen-bond donors (Lipinski definition) is 0. The molecule has 2 nitrogen and oxygen atoms in total. The molecule has 0 bridgehead atoms. The highest BCUT2D eigenvalue weighted by Crippen LogP contribution is 2.42. The molecule has 1 aromatic heterocycles. The highest BCUT2D eigenvalue weighted by atomic mass is 16.3. The van der Waals surface area contributed by atoms with Gasteiger partial charge in [0, 0.05) is 44.9 Å². The molecule has 60 heavy (non-hydrogen) atoms. The Kier molecular flexibility index (Phi) is 9.02. The van der Waals surface area contributed by atoms with Crippen molar-refractivity contribution in [2.75, 3.05) is 4.90 Å². The fraction of sp³-hybridized carbons (Fsp3) is 0.0345. The Morgan fingerprint density at radius 1 is 0.383 bits per heavy atom. The molecule has 1 heterocycles. The number of para-hydroxylation sites is 2. The minimum Gasteiger partial charge on any atom is -0.455 e. The predicted octanol–water partition coefficient (Wildman–Crippen LogP) is 16.3. The Bertz CT molecular complexity index is 3140. The first-order chi connectivity index (χ1) is 29.7. The maximum atomic E-state index is 6.78. The van der Waals surface area contributed by atoms with Crippen molar-refractivity contribution in [3.63, 3.8) is 0 Å². The predicted molar refractivity (Wildman–Crippen MR) is 252 cm³/mol. The lowest BCUT2D eigenvalue weighted by Gasteiger charge is -2.27. The van der Waals surface area contributed by atoms with Crippen molar-refractivity contribution >= 4 is 45.1 Å². The molecule has 0 saturated heterocycles. The Balaban J connectivity index is 0.941. The molecule has 1 aliphatic carbocycles. The quantitative estimate of drug-likeness (QED) is 0.153. The minimum atomic E-state index is 0.347. The average molecular weight is 768 g/mol. The van der Waals surface area contributed by atoms with Gasteiger partial charge in [-0.05, 0) is 99.0 Å². The van der Waals surface area contributed by atoms with E-state index in [0.29, 0.717) is 5.92 Å². The van der Waals surface area contributed by atoms with Crippen LogP contribution in [-0.2, 0) is 0 Å². The van der Waals surface area contributed by atoms with E-state index in [-0.39, 0.29) is 0 Å². The van der Waals surface area contributed by atoms with Gasteiger partial charge in [-0.25, -0.2) is 0 Å². The second-order valence-electron chi connectivity index (χ2n) is 15.6. The van der Waals surface area contributed by atoms with E-state index in [1.807, 2.05) is 0 Å². The molecule has 0 aliphatic heterocycles. The van der Waals surface area contributed by atoms with E-state index in [0.717, 1.165) is 78.8 Å². The maximum absolute atomic E-state index is 6.78. The second-order valence-corrected chi connectivity index (χ2v) is 15.6. The zero-order chi connectivity index (χ0) is 39.8. The molecule has 2 heteroatoms. The summed E-state index contributed by atoms with van der Waals surface area (Å²) in [7, 11) is 0. The number of furan rings is 1. The van der Waals surface area contributed by atoms with E-state index in [1.165, 1.54) is 27.8 Å². The van der Waals surface area contributed by atoms with Crippen LogP contribution in [0.2, 0.25) is 0 Å². The molecule has 10 aromatic rings. The summed E-state index contributed by atoms with van der Waals surface area (Å²) in [4.78, 5) is 2.36. The molecule has 9 aromatic carbocycles. The van der Waals surface area contributed by atoms with Gasteiger partial charge in [-0.3, -0.25) is 0 Å². The Labute approximate surface area is 351 Å².